The van der Waals surface area contributed by atoms with E-state index in [9.17, 15) is 0 Å². The van der Waals surface area contributed by atoms with Gasteiger partial charge in [0.2, 0.25) is 0 Å². The summed E-state index contributed by atoms with van der Waals surface area (Å²) in [5.41, 5.74) is 2.94. The van der Waals surface area contributed by atoms with Gasteiger partial charge in [-0.2, -0.15) is 0 Å². The average Bonchev–Trinajstić information content (AvgIpc) is 2.78. The van der Waals surface area contributed by atoms with E-state index >= 15 is 0 Å². The Labute approximate surface area is 116 Å². The fourth-order valence-electron chi connectivity index (χ4n) is 3.44. The molecular formula is C16H26N2O. The van der Waals surface area contributed by atoms with E-state index in [1.807, 2.05) is 0 Å². The number of rotatable bonds is 6. The second-order valence-corrected chi connectivity index (χ2v) is 5.37. The first-order valence-corrected chi connectivity index (χ1v) is 7.22. The third kappa shape index (κ3) is 2.83. The monoisotopic (exact) mass is 262 g/mol. The van der Waals surface area contributed by atoms with E-state index in [2.05, 4.69) is 55.4 Å². The molecule has 1 aliphatic rings. The van der Waals surface area contributed by atoms with Crippen molar-refractivity contribution in [2.24, 2.45) is 0 Å². The third-order valence-electron chi connectivity index (χ3n) is 4.28. The van der Waals surface area contributed by atoms with Gasteiger partial charge in [0, 0.05) is 25.2 Å². The molecule has 0 heterocycles. The van der Waals surface area contributed by atoms with Crippen LogP contribution < -0.4 is 5.32 Å². The van der Waals surface area contributed by atoms with E-state index < -0.39 is 0 Å². The number of hydrogen-bond acceptors (Lipinski definition) is 3. The van der Waals surface area contributed by atoms with Gasteiger partial charge in [-0.3, -0.25) is 4.90 Å². The maximum Gasteiger partial charge on any atom is 0.0615 e. The molecule has 3 atom stereocenters. The molecule has 2 rings (SSSR count). The molecule has 1 aromatic rings. The van der Waals surface area contributed by atoms with Crippen molar-refractivity contribution in [3.8, 4) is 0 Å². The predicted octanol–water partition coefficient (Wildman–Crippen LogP) is 2.23. The molecule has 0 spiro atoms. The normalized spacial score (nSPS) is 23.6. The first-order chi connectivity index (χ1) is 9.22. The van der Waals surface area contributed by atoms with E-state index in [1.54, 1.807) is 7.11 Å². The van der Waals surface area contributed by atoms with Crippen molar-refractivity contribution in [1.82, 2.24) is 10.2 Å². The molecular weight excluding hydrogens is 236 g/mol. The number of methoxy groups -OCH3 is 1. The molecule has 1 aromatic carbocycles. The maximum atomic E-state index is 5.33. The Hall–Kier alpha value is -0.900. The molecule has 3 heteroatoms. The van der Waals surface area contributed by atoms with Crippen LogP contribution in [0.15, 0.2) is 24.3 Å². The van der Waals surface area contributed by atoms with Gasteiger partial charge in [0.15, 0.2) is 0 Å². The summed E-state index contributed by atoms with van der Waals surface area (Å²) in [4.78, 5) is 2.56. The summed E-state index contributed by atoms with van der Waals surface area (Å²) in [6.45, 7) is 6.34. The number of nitrogens with zero attached hydrogens (tertiary/aromatic N) is 1. The number of likely N-dealkylation sites (N-methyl/N-ethyl adjacent to an activating group) is 2. The third-order valence-corrected chi connectivity index (χ3v) is 4.28. The van der Waals surface area contributed by atoms with Crippen LogP contribution in [0.5, 0.6) is 0 Å². The van der Waals surface area contributed by atoms with Crippen LogP contribution in [0.2, 0.25) is 0 Å². The zero-order chi connectivity index (χ0) is 13.8. The highest BCUT2D eigenvalue weighted by Gasteiger charge is 2.36. The van der Waals surface area contributed by atoms with Gasteiger partial charge in [-0.15, -0.1) is 0 Å². The van der Waals surface area contributed by atoms with Crippen molar-refractivity contribution < 1.29 is 4.74 Å². The summed E-state index contributed by atoms with van der Waals surface area (Å²) in [7, 11) is 3.85. The molecule has 0 amide bonds. The van der Waals surface area contributed by atoms with Gasteiger partial charge < -0.3 is 10.1 Å². The molecule has 0 radical (unpaired) electrons. The second-order valence-electron chi connectivity index (χ2n) is 5.37. The molecule has 0 saturated heterocycles. The quantitative estimate of drug-likeness (QED) is 0.851. The summed E-state index contributed by atoms with van der Waals surface area (Å²) in [5, 5.41) is 3.50. The number of benzene rings is 1. The lowest BCUT2D eigenvalue weighted by Crippen LogP contribution is -2.48. The highest BCUT2D eigenvalue weighted by Crippen LogP contribution is 2.34. The van der Waals surface area contributed by atoms with Gasteiger partial charge in [0.05, 0.1) is 6.61 Å². The van der Waals surface area contributed by atoms with Crippen LogP contribution >= 0.6 is 0 Å². The van der Waals surface area contributed by atoms with Crippen molar-refractivity contribution in [2.45, 2.75) is 38.4 Å². The van der Waals surface area contributed by atoms with Crippen LogP contribution in [0, 0.1) is 0 Å². The minimum absolute atomic E-state index is 0.426. The largest absolute Gasteiger partial charge is 0.383 e. The Bertz CT molecular complexity index is 407. The number of nitrogens with one attached hydrogen (secondary N) is 1. The molecule has 0 saturated carbocycles. The van der Waals surface area contributed by atoms with E-state index in [0.717, 1.165) is 19.6 Å². The highest BCUT2D eigenvalue weighted by atomic mass is 16.5. The fraction of sp³-hybridized carbons (Fsp3) is 0.625. The van der Waals surface area contributed by atoms with Crippen LogP contribution in [-0.2, 0) is 11.2 Å². The van der Waals surface area contributed by atoms with Crippen LogP contribution in [0.25, 0.3) is 0 Å². The second kappa shape index (κ2) is 6.51. The number of hydrogen-bond donors (Lipinski definition) is 1. The van der Waals surface area contributed by atoms with Gasteiger partial charge in [-0.05, 0) is 38.1 Å². The average molecular weight is 262 g/mol. The molecule has 0 bridgehead atoms. The molecule has 0 aliphatic heterocycles. The van der Waals surface area contributed by atoms with E-state index in [0.29, 0.717) is 18.1 Å². The summed E-state index contributed by atoms with van der Waals surface area (Å²) in [6, 6.07) is 10.2. The zero-order valence-corrected chi connectivity index (χ0v) is 12.5. The van der Waals surface area contributed by atoms with Crippen LogP contribution in [0.1, 0.15) is 31.0 Å². The lowest BCUT2D eigenvalue weighted by Gasteiger charge is -2.36. The molecule has 1 N–H and O–H groups in total. The summed E-state index contributed by atoms with van der Waals surface area (Å²) in [6.07, 6.45) is 1.13. The Morgan fingerprint density at radius 3 is 2.79 bits per heavy atom. The highest BCUT2D eigenvalue weighted by molar-refractivity contribution is 5.37. The standard InChI is InChI=1S/C16H26N2O/c1-5-18(12(2)11-19-4)15-10-13-8-6-7-9-14(13)16(15)17-3/h6-9,12,15-17H,5,10-11H2,1-4H3. The smallest absolute Gasteiger partial charge is 0.0615 e. The minimum atomic E-state index is 0.426. The summed E-state index contributed by atoms with van der Waals surface area (Å²) >= 11 is 0. The van der Waals surface area contributed by atoms with E-state index in [4.69, 9.17) is 4.74 Å². The van der Waals surface area contributed by atoms with Crippen LogP contribution in [-0.4, -0.2) is 44.3 Å². The first-order valence-electron chi connectivity index (χ1n) is 7.22. The maximum absolute atomic E-state index is 5.33. The van der Waals surface area contributed by atoms with Crippen molar-refractivity contribution >= 4 is 0 Å². The lowest BCUT2D eigenvalue weighted by atomic mass is 10.0. The molecule has 3 nitrogen and oxygen atoms in total. The SMILES string of the molecule is CCN(C(C)COC)C1Cc2ccccc2C1NC. The van der Waals surface area contributed by atoms with Gasteiger partial charge in [-0.25, -0.2) is 0 Å². The summed E-state index contributed by atoms with van der Waals surface area (Å²) < 4.78 is 5.33. The molecule has 0 fully saturated rings. The summed E-state index contributed by atoms with van der Waals surface area (Å²) in [5.74, 6) is 0. The van der Waals surface area contributed by atoms with Gasteiger partial charge >= 0.3 is 0 Å². The van der Waals surface area contributed by atoms with Crippen molar-refractivity contribution in [3.63, 3.8) is 0 Å². The van der Waals surface area contributed by atoms with Gasteiger partial charge in [0.1, 0.15) is 0 Å². The van der Waals surface area contributed by atoms with Crippen molar-refractivity contribution in [1.29, 1.82) is 0 Å². The molecule has 0 aromatic heterocycles. The molecule has 3 unspecified atom stereocenters. The number of ether oxygens (including phenoxy) is 1. The predicted molar refractivity (Wildman–Crippen MR) is 79.5 cm³/mol. The van der Waals surface area contributed by atoms with Crippen LogP contribution in [0.3, 0.4) is 0 Å². The van der Waals surface area contributed by atoms with E-state index in [-0.39, 0.29) is 0 Å². The fourth-order valence-corrected chi connectivity index (χ4v) is 3.44. The van der Waals surface area contributed by atoms with Crippen molar-refractivity contribution in [2.75, 3.05) is 27.3 Å². The van der Waals surface area contributed by atoms with Gasteiger partial charge in [-0.1, -0.05) is 31.2 Å². The zero-order valence-electron chi connectivity index (χ0n) is 12.5. The van der Waals surface area contributed by atoms with E-state index in [1.165, 1.54) is 11.1 Å². The minimum Gasteiger partial charge on any atom is -0.383 e. The number of fused-ring (bicyclic) bond motifs is 1. The molecule has 1 aliphatic carbocycles. The Balaban J connectivity index is 2.21. The Morgan fingerprint density at radius 1 is 1.42 bits per heavy atom. The Kier molecular flexibility index (Phi) is 4.97. The molecule has 106 valence electrons. The topological polar surface area (TPSA) is 24.5 Å². The Morgan fingerprint density at radius 2 is 2.16 bits per heavy atom. The van der Waals surface area contributed by atoms with Crippen molar-refractivity contribution in [3.05, 3.63) is 35.4 Å². The molecule has 19 heavy (non-hydrogen) atoms. The first kappa shape index (κ1) is 14.5. The van der Waals surface area contributed by atoms with Crippen LogP contribution in [0.4, 0.5) is 0 Å². The van der Waals surface area contributed by atoms with Gasteiger partial charge in [0.25, 0.3) is 0 Å². The lowest BCUT2D eigenvalue weighted by molar-refractivity contribution is 0.0641.